The number of carbonyl (C=O) groups is 1. The molecule has 2 rings (SSSR count). The molecule has 0 bridgehead atoms. The van der Waals surface area contributed by atoms with E-state index in [-0.39, 0.29) is 11.7 Å². The van der Waals surface area contributed by atoms with Crippen LogP contribution in [0.2, 0.25) is 0 Å². The van der Waals surface area contributed by atoms with E-state index in [2.05, 4.69) is 4.98 Å². The maximum atomic E-state index is 11.1. The number of aromatic carboxylic acids is 1. The Morgan fingerprint density at radius 1 is 1.65 bits per heavy atom. The number of hydrogen-bond donors (Lipinski definition) is 2. The van der Waals surface area contributed by atoms with Crippen LogP contribution < -0.4 is 10.5 Å². The Bertz CT molecular complexity index is 575. The molecule has 1 atom stereocenters. The highest BCUT2D eigenvalue weighted by Gasteiger charge is 2.21. The lowest BCUT2D eigenvalue weighted by Crippen LogP contribution is -2.09. The molecule has 0 aromatic carbocycles. The van der Waals surface area contributed by atoms with Crippen LogP contribution in [0.3, 0.4) is 0 Å². The van der Waals surface area contributed by atoms with Crippen LogP contribution in [0.25, 0.3) is 5.52 Å². The third-order valence-electron chi connectivity index (χ3n) is 2.48. The van der Waals surface area contributed by atoms with E-state index in [0.29, 0.717) is 17.1 Å². The molecule has 2 aromatic rings. The van der Waals surface area contributed by atoms with Crippen molar-refractivity contribution < 1.29 is 14.6 Å². The van der Waals surface area contributed by atoms with E-state index in [0.717, 1.165) is 0 Å². The molecule has 0 fully saturated rings. The summed E-state index contributed by atoms with van der Waals surface area (Å²) in [7, 11) is 1.49. The van der Waals surface area contributed by atoms with Crippen LogP contribution in [0, 0.1) is 0 Å². The highest BCUT2D eigenvalue weighted by molar-refractivity contribution is 5.95. The molecule has 2 heterocycles. The van der Waals surface area contributed by atoms with Gasteiger partial charge in [0, 0.05) is 6.20 Å². The van der Waals surface area contributed by atoms with Crippen LogP contribution in [0.15, 0.2) is 18.3 Å². The fraction of sp³-hybridized carbons (Fsp3) is 0.273. The summed E-state index contributed by atoms with van der Waals surface area (Å²) < 4.78 is 6.79. The molecule has 0 saturated carbocycles. The van der Waals surface area contributed by atoms with Gasteiger partial charge in [-0.15, -0.1) is 0 Å². The number of rotatable bonds is 3. The Labute approximate surface area is 97.6 Å². The number of imidazole rings is 1. The van der Waals surface area contributed by atoms with E-state index in [4.69, 9.17) is 15.6 Å². The van der Waals surface area contributed by atoms with Crippen LogP contribution >= 0.6 is 0 Å². The van der Waals surface area contributed by atoms with Gasteiger partial charge in [0.1, 0.15) is 17.1 Å². The van der Waals surface area contributed by atoms with Gasteiger partial charge in [0.05, 0.1) is 13.2 Å². The van der Waals surface area contributed by atoms with Crippen molar-refractivity contribution in [3.05, 3.63) is 29.8 Å². The molecule has 0 aliphatic rings. The van der Waals surface area contributed by atoms with Gasteiger partial charge in [-0.1, -0.05) is 0 Å². The predicted molar refractivity (Wildman–Crippen MR) is 61.3 cm³/mol. The lowest BCUT2D eigenvalue weighted by atomic mass is 10.3. The molecule has 2 aromatic heterocycles. The first-order chi connectivity index (χ1) is 8.06. The van der Waals surface area contributed by atoms with Crippen LogP contribution in [0.5, 0.6) is 5.75 Å². The van der Waals surface area contributed by atoms with Gasteiger partial charge in [0.25, 0.3) is 0 Å². The minimum absolute atomic E-state index is 0.0465. The average molecular weight is 235 g/mol. The number of carboxylic acid groups (broad SMARTS) is 1. The number of nitrogens with two attached hydrogens (primary N) is 1. The van der Waals surface area contributed by atoms with Gasteiger partial charge in [-0.25, -0.2) is 9.78 Å². The number of methoxy groups -OCH3 is 1. The molecule has 0 amide bonds. The summed E-state index contributed by atoms with van der Waals surface area (Å²) in [4.78, 5) is 15.2. The van der Waals surface area contributed by atoms with Crippen molar-refractivity contribution in [3.8, 4) is 5.75 Å². The topological polar surface area (TPSA) is 89.9 Å². The average Bonchev–Trinajstić information content (AvgIpc) is 2.68. The summed E-state index contributed by atoms with van der Waals surface area (Å²) in [6, 6.07) is 3.09. The lowest BCUT2D eigenvalue weighted by molar-refractivity contribution is 0.0693. The zero-order chi connectivity index (χ0) is 12.6. The quantitative estimate of drug-likeness (QED) is 0.830. The smallest absolute Gasteiger partial charge is 0.356 e. The molecule has 0 radical (unpaired) electrons. The first-order valence-corrected chi connectivity index (χ1v) is 5.10. The lowest BCUT2D eigenvalue weighted by Gasteiger charge is -2.06. The summed E-state index contributed by atoms with van der Waals surface area (Å²) in [6.45, 7) is 1.75. The first kappa shape index (κ1) is 11.4. The van der Waals surface area contributed by atoms with Crippen molar-refractivity contribution in [1.29, 1.82) is 0 Å². The molecule has 1 unspecified atom stereocenters. The first-order valence-electron chi connectivity index (χ1n) is 5.10. The number of pyridine rings is 1. The van der Waals surface area contributed by atoms with E-state index >= 15 is 0 Å². The summed E-state index contributed by atoms with van der Waals surface area (Å²) in [5.41, 5.74) is 6.15. The van der Waals surface area contributed by atoms with Gasteiger partial charge in [0.15, 0.2) is 5.69 Å². The zero-order valence-corrected chi connectivity index (χ0v) is 9.54. The number of nitrogens with zero attached hydrogens (tertiary/aromatic N) is 2. The standard InChI is InChI=1S/C11H13N3O3/c1-6(12)10-13-8(11(15)16)9-7(17-2)4-3-5-14(9)10/h3-6H,12H2,1-2H3,(H,15,16). The van der Waals surface area contributed by atoms with E-state index < -0.39 is 5.97 Å². The van der Waals surface area contributed by atoms with Crippen LogP contribution in [0.4, 0.5) is 0 Å². The van der Waals surface area contributed by atoms with E-state index in [1.54, 1.807) is 29.7 Å². The summed E-state index contributed by atoms with van der Waals surface area (Å²) in [6.07, 6.45) is 1.72. The maximum Gasteiger partial charge on any atom is 0.356 e. The SMILES string of the molecule is COc1cccn2c(C(C)N)nc(C(=O)O)c12. The van der Waals surface area contributed by atoms with Crippen LogP contribution in [-0.4, -0.2) is 27.6 Å². The monoisotopic (exact) mass is 235 g/mol. The van der Waals surface area contributed by atoms with Crippen LogP contribution in [0.1, 0.15) is 29.3 Å². The van der Waals surface area contributed by atoms with Crippen molar-refractivity contribution in [1.82, 2.24) is 9.38 Å². The Hall–Kier alpha value is -2.08. The summed E-state index contributed by atoms with van der Waals surface area (Å²) in [5.74, 6) is -0.139. The zero-order valence-electron chi connectivity index (χ0n) is 9.54. The summed E-state index contributed by atoms with van der Waals surface area (Å²) in [5, 5.41) is 9.13. The van der Waals surface area contributed by atoms with Crippen molar-refractivity contribution in [2.24, 2.45) is 5.73 Å². The molecular formula is C11H13N3O3. The molecule has 0 aliphatic heterocycles. The second-order valence-electron chi connectivity index (χ2n) is 3.71. The van der Waals surface area contributed by atoms with Gasteiger partial charge in [-0.05, 0) is 19.1 Å². The Kier molecular flexibility index (Phi) is 2.72. The molecule has 3 N–H and O–H groups in total. The van der Waals surface area contributed by atoms with E-state index in [1.807, 2.05) is 0 Å². The second-order valence-corrected chi connectivity index (χ2v) is 3.71. The highest BCUT2D eigenvalue weighted by atomic mass is 16.5. The molecule has 6 nitrogen and oxygen atoms in total. The minimum atomic E-state index is -1.10. The van der Waals surface area contributed by atoms with E-state index in [9.17, 15) is 4.79 Å². The van der Waals surface area contributed by atoms with E-state index in [1.165, 1.54) is 7.11 Å². The molecule has 17 heavy (non-hydrogen) atoms. The fourth-order valence-electron chi connectivity index (χ4n) is 1.77. The summed E-state index contributed by atoms with van der Waals surface area (Å²) >= 11 is 0. The number of carboxylic acids is 1. The third-order valence-corrected chi connectivity index (χ3v) is 2.48. The molecule has 0 saturated heterocycles. The minimum Gasteiger partial charge on any atom is -0.494 e. The highest BCUT2D eigenvalue weighted by Crippen LogP contribution is 2.26. The van der Waals surface area contributed by atoms with Crippen molar-refractivity contribution in [3.63, 3.8) is 0 Å². The van der Waals surface area contributed by atoms with Gasteiger partial charge >= 0.3 is 5.97 Å². The Balaban J connectivity index is 2.86. The molecule has 90 valence electrons. The number of ether oxygens (including phenoxy) is 1. The third kappa shape index (κ3) is 1.72. The number of aromatic nitrogens is 2. The normalized spacial score (nSPS) is 12.6. The van der Waals surface area contributed by atoms with Gasteiger partial charge < -0.3 is 15.6 Å². The van der Waals surface area contributed by atoms with Gasteiger partial charge in [-0.2, -0.15) is 0 Å². The molecular weight excluding hydrogens is 222 g/mol. The Morgan fingerprint density at radius 2 is 2.35 bits per heavy atom. The van der Waals surface area contributed by atoms with Gasteiger partial charge in [-0.3, -0.25) is 4.40 Å². The van der Waals surface area contributed by atoms with Crippen molar-refractivity contribution >= 4 is 11.5 Å². The van der Waals surface area contributed by atoms with Crippen molar-refractivity contribution in [2.75, 3.05) is 7.11 Å². The van der Waals surface area contributed by atoms with Gasteiger partial charge in [0.2, 0.25) is 0 Å². The molecule has 0 aliphatic carbocycles. The predicted octanol–water partition coefficient (Wildman–Crippen LogP) is 1.06. The van der Waals surface area contributed by atoms with Crippen molar-refractivity contribution in [2.45, 2.75) is 13.0 Å². The Morgan fingerprint density at radius 3 is 2.88 bits per heavy atom. The maximum absolute atomic E-state index is 11.1. The number of fused-ring (bicyclic) bond motifs is 1. The van der Waals surface area contributed by atoms with Crippen LogP contribution in [-0.2, 0) is 0 Å². The second kappa shape index (κ2) is 4.06. The number of hydrogen-bond acceptors (Lipinski definition) is 4. The fourth-order valence-corrected chi connectivity index (χ4v) is 1.77. The molecule has 0 spiro atoms. The largest absolute Gasteiger partial charge is 0.494 e. The molecule has 6 heteroatoms.